The second kappa shape index (κ2) is 6.95. The first-order chi connectivity index (χ1) is 10.0. The van der Waals surface area contributed by atoms with E-state index >= 15 is 0 Å². The molecule has 0 atom stereocenters. The topological polar surface area (TPSA) is 64.4 Å². The number of carboxylic acids is 1. The number of rotatable bonds is 6. The van der Waals surface area contributed by atoms with Gasteiger partial charge in [-0.2, -0.15) is 5.10 Å². The number of benzene rings is 1. The van der Waals surface area contributed by atoms with E-state index in [1.165, 1.54) is 6.08 Å². The van der Waals surface area contributed by atoms with E-state index < -0.39 is 5.97 Å². The maximum absolute atomic E-state index is 10.5. The van der Waals surface area contributed by atoms with Gasteiger partial charge in [0.15, 0.2) is 0 Å². The Hall–Kier alpha value is -2.27. The van der Waals surface area contributed by atoms with E-state index in [2.05, 4.69) is 5.10 Å². The summed E-state index contributed by atoms with van der Waals surface area (Å²) >= 11 is 5.93. The quantitative estimate of drug-likeness (QED) is 0.833. The number of carboxylic acid groups (broad SMARTS) is 1. The second-order valence-electron chi connectivity index (χ2n) is 4.42. The Kier molecular flexibility index (Phi) is 5.00. The molecule has 1 N–H and O–H groups in total. The highest BCUT2D eigenvalue weighted by Gasteiger charge is 2.02. The van der Waals surface area contributed by atoms with Crippen LogP contribution in [-0.2, 0) is 11.3 Å². The Morgan fingerprint density at radius 1 is 1.52 bits per heavy atom. The average molecular weight is 307 g/mol. The summed E-state index contributed by atoms with van der Waals surface area (Å²) in [4.78, 5) is 10.5. The lowest BCUT2D eigenvalue weighted by atomic mass is 10.2. The van der Waals surface area contributed by atoms with Crippen molar-refractivity contribution in [1.29, 1.82) is 0 Å². The standard InChI is InChI=1S/C15H15ClN2O3/c1-11-14(16)10-18(17-11)7-8-21-13-4-2-3-12(9-13)5-6-15(19)20/h2-6,9-10H,7-8H2,1H3,(H,19,20). The molecule has 1 aromatic carbocycles. The van der Waals surface area contributed by atoms with Gasteiger partial charge >= 0.3 is 5.97 Å². The zero-order chi connectivity index (χ0) is 15.2. The number of nitrogens with zero attached hydrogens (tertiary/aromatic N) is 2. The van der Waals surface area contributed by atoms with Crippen LogP contribution in [0.3, 0.4) is 0 Å². The number of carbonyl (C=O) groups is 1. The van der Waals surface area contributed by atoms with E-state index in [4.69, 9.17) is 21.4 Å². The number of hydrogen-bond acceptors (Lipinski definition) is 3. The van der Waals surface area contributed by atoms with Gasteiger partial charge in [0.2, 0.25) is 0 Å². The minimum atomic E-state index is -0.979. The first kappa shape index (κ1) is 15.1. The van der Waals surface area contributed by atoms with Crippen molar-refractivity contribution in [3.8, 4) is 5.75 Å². The molecule has 0 radical (unpaired) electrons. The number of ether oxygens (including phenoxy) is 1. The van der Waals surface area contributed by atoms with Crippen LogP contribution >= 0.6 is 11.6 Å². The van der Waals surface area contributed by atoms with Gasteiger partial charge in [-0.1, -0.05) is 23.7 Å². The summed E-state index contributed by atoms with van der Waals surface area (Å²) in [5.41, 5.74) is 1.56. The van der Waals surface area contributed by atoms with Crippen LogP contribution in [0.2, 0.25) is 5.02 Å². The van der Waals surface area contributed by atoms with Crippen LogP contribution in [0.15, 0.2) is 36.5 Å². The molecule has 1 aromatic heterocycles. The molecule has 0 aliphatic carbocycles. The third-order valence-electron chi connectivity index (χ3n) is 2.75. The molecule has 1 heterocycles. The summed E-state index contributed by atoms with van der Waals surface area (Å²) in [6, 6.07) is 7.22. The molecular formula is C15H15ClN2O3. The Labute approximate surface area is 127 Å². The van der Waals surface area contributed by atoms with E-state index in [0.717, 1.165) is 17.3 Å². The van der Waals surface area contributed by atoms with Crippen LogP contribution in [-0.4, -0.2) is 27.5 Å². The van der Waals surface area contributed by atoms with Crippen molar-refractivity contribution in [1.82, 2.24) is 9.78 Å². The van der Waals surface area contributed by atoms with Crippen LogP contribution in [0, 0.1) is 6.92 Å². The Balaban J connectivity index is 1.91. The fourth-order valence-electron chi connectivity index (χ4n) is 1.74. The van der Waals surface area contributed by atoms with Crippen molar-refractivity contribution in [2.45, 2.75) is 13.5 Å². The molecule has 0 unspecified atom stereocenters. The van der Waals surface area contributed by atoms with Gasteiger partial charge < -0.3 is 9.84 Å². The minimum Gasteiger partial charge on any atom is -0.492 e. The fourth-order valence-corrected chi connectivity index (χ4v) is 1.89. The highest BCUT2D eigenvalue weighted by atomic mass is 35.5. The van der Waals surface area contributed by atoms with Gasteiger partial charge in [0.1, 0.15) is 12.4 Å². The summed E-state index contributed by atoms with van der Waals surface area (Å²) in [6.07, 6.45) is 4.37. The molecule has 110 valence electrons. The van der Waals surface area contributed by atoms with Crippen molar-refractivity contribution < 1.29 is 14.6 Å². The number of hydrogen-bond donors (Lipinski definition) is 1. The largest absolute Gasteiger partial charge is 0.492 e. The smallest absolute Gasteiger partial charge is 0.328 e. The zero-order valence-corrected chi connectivity index (χ0v) is 12.2. The van der Waals surface area contributed by atoms with Gasteiger partial charge in [0, 0.05) is 12.3 Å². The Morgan fingerprint density at radius 2 is 2.33 bits per heavy atom. The second-order valence-corrected chi connectivity index (χ2v) is 4.83. The molecule has 2 rings (SSSR count). The van der Waals surface area contributed by atoms with Gasteiger partial charge in [0.05, 0.1) is 17.3 Å². The molecule has 0 saturated heterocycles. The van der Waals surface area contributed by atoms with Gasteiger partial charge in [0.25, 0.3) is 0 Å². The van der Waals surface area contributed by atoms with Gasteiger partial charge in [-0.05, 0) is 30.7 Å². The van der Waals surface area contributed by atoms with Crippen LogP contribution in [0.1, 0.15) is 11.3 Å². The number of aliphatic carboxylic acids is 1. The third-order valence-corrected chi connectivity index (χ3v) is 3.12. The van der Waals surface area contributed by atoms with Crippen molar-refractivity contribution >= 4 is 23.6 Å². The van der Waals surface area contributed by atoms with E-state index in [0.29, 0.717) is 23.9 Å². The predicted octanol–water partition coefficient (Wildman–Crippen LogP) is 3.02. The molecule has 0 fully saturated rings. The number of aryl methyl sites for hydroxylation is 1. The van der Waals surface area contributed by atoms with E-state index in [-0.39, 0.29) is 0 Å². The van der Waals surface area contributed by atoms with Crippen molar-refractivity contribution in [3.63, 3.8) is 0 Å². The maximum Gasteiger partial charge on any atom is 0.328 e. The fraction of sp³-hybridized carbons (Fsp3) is 0.200. The van der Waals surface area contributed by atoms with Gasteiger partial charge in [-0.15, -0.1) is 0 Å². The molecule has 21 heavy (non-hydrogen) atoms. The zero-order valence-electron chi connectivity index (χ0n) is 11.5. The van der Waals surface area contributed by atoms with Crippen LogP contribution in [0.25, 0.3) is 6.08 Å². The average Bonchev–Trinajstić information content (AvgIpc) is 2.76. The van der Waals surface area contributed by atoms with Gasteiger partial charge in [-0.3, -0.25) is 4.68 Å². The lowest BCUT2D eigenvalue weighted by Crippen LogP contribution is -2.08. The molecule has 0 aliphatic heterocycles. The molecule has 0 spiro atoms. The first-order valence-corrected chi connectivity index (χ1v) is 6.76. The molecule has 5 nitrogen and oxygen atoms in total. The summed E-state index contributed by atoms with van der Waals surface area (Å²) in [5.74, 6) is -0.301. The Morgan fingerprint density at radius 3 is 3.00 bits per heavy atom. The molecule has 0 aliphatic rings. The summed E-state index contributed by atoms with van der Waals surface area (Å²) in [6.45, 7) is 2.88. The maximum atomic E-state index is 10.5. The van der Waals surface area contributed by atoms with Crippen molar-refractivity contribution in [2.75, 3.05) is 6.61 Å². The van der Waals surface area contributed by atoms with Crippen LogP contribution < -0.4 is 4.74 Å². The van der Waals surface area contributed by atoms with Crippen molar-refractivity contribution in [3.05, 3.63) is 52.8 Å². The minimum absolute atomic E-state index is 0.448. The molecule has 6 heteroatoms. The highest BCUT2D eigenvalue weighted by molar-refractivity contribution is 6.31. The van der Waals surface area contributed by atoms with E-state index in [9.17, 15) is 4.79 Å². The van der Waals surface area contributed by atoms with Crippen LogP contribution in [0.5, 0.6) is 5.75 Å². The van der Waals surface area contributed by atoms with E-state index in [1.807, 2.05) is 25.1 Å². The summed E-state index contributed by atoms with van der Waals surface area (Å²) < 4.78 is 7.35. The molecule has 0 bridgehead atoms. The third kappa shape index (κ3) is 4.65. The van der Waals surface area contributed by atoms with Crippen LogP contribution in [0.4, 0.5) is 0 Å². The molecule has 0 saturated carbocycles. The SMILES string of the molecule is Cc1nn(CCOc2cccc(C=CC(=O)O)c2)cc1Cl. The lowest BCUT2D eigenvalue weighted by Gasteiger charge is -2.07. The summed E-state index contributed by atoms with van der Waals surface area (Å²) in [5, 5.41) is 13.5. The molecule has 0 amide bonds. The van der Waals surface area contributed by atoms with E-state index in [1.54, 1.807) is 16.9 Å². The summed E-state index contributed by atoms with van der Waals surface area (Å²) in [7, 11) is 0. The lowest BCUT2D eigenvalue weighted by molar-refractivity contribution is -0.131. The van der Waals surface area contributed by atoms with Crippen molar-refractivity contribution in [2.24, 2.45) is 0 Å². The number of halogens is 1. The predicted molar refractivity (Wildman–Crippen MR) is 80.6 cm³/mol. The first-order valence-electron chi connectivity index (χ1n) is 6.38. The highest BCUT2D eigenvalue weighted by Crippen LogP contribution is 2.15. The monoisotopic (exact) mass is 306 g/mol. The molecular weight excluding hydrogens is 292 g/mol. The van der Waals surface area contributed by atoms with Gasteiger partial charge in [-0.25, -0.2) is 4.79 Å². The normalized spacial score (nSPS) is 11.0. The Bertz CT molecular complexity index is 645. The molecule has 2 aromatic rings. The number of aromatic nitrogens is 2.